The number of aliphatic carboxylic acids is 2. The molecule has 2 rings (SSSR count). The lowest BCUT2D eigenvalue weighted by molar-refractivity contribution is -0.140. The highest BCUT2D eigenvalue weighted by atomic mass is 32.2. The van der Waals surface area contributed by atoms with Crippen LogP contribution in [0, 0.1) is 0 Å². The monoisotopic (exact) mass is 465 g/mol. The van der Waals surface area contributed by atoms with Crippen molar-refractivity contribution in [3.8, 4) is 0 Å². The number of thioether (sulfide) groups is 1. The van der Waals surface area contributed by atoms with Crippen molar-refractivity contribution in [3.05, 3.63) is 35.9 Å². The summed E-state index contributed by atoms with van der Waals surface area (Å²) in [7, 11) is 0. The number of rotatable bonds is 12. The standard InChI is InChI=1S/C22H31N3O6S/c1-22(2)18(21(30)31)25-20(32-22)17(19(29)23-12-8-4-7-11-16(27)28)24-15(26)13-14-9-5-3-6-10-14/h3,5-6,9-10,17-18,20,25H,4,7-8,11-13H2,1-2H3,(H,23,29)(H,24,26)(H,27,28)(H,30,31)/t17-,18-,20-/m1/s1. The van der Waals surface area contributed by atoms with E-state index in [1.165, 1.54) is 11.8 Å². The van der Waals surface area contributed by atoms with Crippen LogP contribution in [0.2, 0.25) is 0 Å². The second kappa shape index (κ2) is 11.9. The number of hydrogen-bond acceptors (Lipinski definition) is 6. The van der Waals surface area contributed by atoms with Crippen molar-refractivity contribution in [3.63, 3.8) is 0 Å². The molecule has 3 atom stereocenters. The zero-order valence-corrected chi connectivity index (χ0v) is 19.1. The fraction of sp³-hybridized carbons (Fsp3) is 0.545. The van der Waals surface area contributed by atoms with Gasteiger partial charge in [-0.05, 0) is 32.3 Å². The first-order chi connectivity index (χ1) is 15.1. The molecule has 1 aliphatic rings. The quantitative estimate of drug-likeness (QED) is 0.291. The molecule has 176 valence electrons. The molecule has 0 radical (unpaired) electrons. The highest BCUT2D eigenvalue weighted by molar-refractivity contribution is 8.01. The summed E-state index contributed by atoms with van der Waals surface area (Å²) in [6.45, 7) is 3.91. The van der Waals surface area contributed by atoms with Crippen LogP contribution < -0.4 is 16.0 Å². The van der Waals surface area contributed by atoms with Gasteiger partial charge < -0.3 is 20.8 Å². The number of hydrogen-bond donors (Lipinski definition) is 5. The molecule has 2 amide bonds. The molecule has 9 nitrogen and oxygen atoms in total. The summed E-state index contributed by atoms with van der Waals surface area (Å²) in [6.07, 6.45) is 1.97. The van der Waals surface area contributed by atoms with Crippen LogP contribution in [0.4, 0.5) is 0 Å². The Bertz CT molecular complexity index is 817. The average molecular weight is 466 g/mol. The molecular weight excluding hydrogens is 434 g/mol. The molecule has 1 aromatic carbocycles. The Balaban J connectivity index is 2.02. The van der Waals surface area contributed by atoms with E-state index in [0.29, 0.717) is 25.8 Å². The van der Waals surface area contributed by atoms with Gasteiger partial charge in [0, 0.05) is 17.7 Å². The van der Waals surface area contributed by atoms with Crippen molar-refractivity contribution in [2.24, 2.45) is 0 Å². The highest BCUT2D eigenvalue weighted by Gasteiger charge is 2.49. The van der Waals surface area contributed by atoms with Gasteiger partial charge in [0.05, 0.1) is 11.8 Å². The van der Waals surface area contributed by atoms with Crippen LogP contribution in [0.1, 0.15) is 45.1 Å². The number of benzene rings is 1. The second-order valence-corrected chi connectivity index (χ2v) is 10.1. The van der Waals surface area contributed by atoms with E-state index in [1.807, 2.05) is 30.3 Å². The average Bonchev–Trinajstić information content (AvgIpc) is 3.04. The number of carboxylic acids is 2. The van der Waals surface area contributed by atoms with Gasteiger partial charge in [-0.2, -0.15) is 0 Å². The van der Waals surface area contributed by atoms with Crippen molar-refractivity contribution in [2.75, 3.05) is 6.54 Å². The Hall–Kier alpha value is -2.59. The van der Waals surface area contributed by atoms with Gasteiger partial charge in [0.1, 0.15) is 12.1 Å². The zero-order valence-electron chi connectivity index (χ0n) is 18.3. The van der Waals surface area contributed by atoms with E-state index in [4.69, 9.17) is 5.11 Å². The van der Waals surface area contributed by atoms with E-state index in [0.717, 1.165) is 5.56 Å². The molecule has 5 N–H and O–H groups in total. The molecule has 1 fully saturated rings. The predicted molar refractivity (Wildman–Crippen MR) is 121 cm³/mol. The van der Waals surface area contributed by atoms with E-state index in [-0.39, 0.29) is 18.7 Å². The van der Waals surface area contributed by atoms with E-state index in [9.17, 15) is 24.3 Å². The van der Waals surface area contributed by atoms with Crippen LogP contribution in [-0.4, -0.2) is 62.7 Å². The summed E-state index contributed by atoms with van der Waals surface area (Å²) < 4.78 is -0.671. The summed E-state index contributed by atoms with van der Waals surface area (Å²) in [6, 6.07) is 7.31. The van der Waals surface area contributed by atoms with Crippen molar-refractivity contribution < 1.29 is 29.4 Å². The predicted octanol–water partition coefficient (Wildman–Crippen LogP) is 1.37. The summed E-state index contributed by atoms with van der Waals surface area (Å²) in [5.41, 5.74) is 0.804. The summed E-state index contributed by atoms with van der Waals surface area (Å²) in [4.78, 5) is 47.8. The minimum absolute atomic E-state index is 0.0837. The van der Waals surface area contributed by atoms with Crippen molar-refractivity contribution in [2.45, 2.75) is 68.2 Å². The fourth-order valence-electron chi connectivity index (χ4n) is 3.51. The fourth-order valence-corrected chi connectivity index (χ4v) is 5.00. The number of carbonyl (C=O) groups excluding carboxylic acids is 2. The molecule has 32 heavy (non-hydrogen) atoms. The van der Waals surface area contributed by atoms with Crippen molar-refractivity contribution in [1.82, 2.24) is 16.0 Å². The normalized spacial score (nSPS) is 20.3. The second-order valence-electron chi connectivity index (χ2n) is 8.28. The number of carboxylic acid groups (broad SMARTS) is 2. The van der Waals surface area contributed by atoms with Crippen LogP contribution in [0.15, 0.2) is 30.3 Å². The largest absolute Gasteiger partial charge is 0.481 e. The Morgan fingerprint density at radius 1 is 1.09 bits per heavy atom. The Kier molecular flexibility index (Phi) is 9.52. The molecule has 10 heteroatoms. The van der Waals surface area contributed by atoms with E-state index >= 15 is 0 Å². The number of nitrogens with one attached hydrogen (secondary N) is 3. The van der Waals surface area contributed by atoms with Gasteiger partial charge in [0.25, 0.3) is 0 Å². The van der Waals surface area contributed by atoms with Gasteiger partial charge in [-0.3, -0.25) is 24.5 Å². The third-order valence-electron chi connectivity index (χ3n) is 5.18. The molecule has 0 bridgehead atoms. The van der Waals surface area contributed by atoms with Gasteiger partial charge in [0.15, 0.2) is 0 Å². The molecule has 0 spiro atoms. The molecular formula is C22H31N3O6S. The molecule has 1 aliphatic heterocycles. The first kappa shape index (κ1) is 25.7. The third kappa shape index (κ3) is 7.83. The van der Waals surface area contributed by atoms with E-state index in [1.54, 1.807) is 13.8 Å². The Morgan fingerprint density at radius 3 is 2.38 bits per heavy atom. The zero-order chi connectivity index (χ0) is 23.7. The molecule has 0 unspecified atom stereocenters. The van der Waals surface area contributed by atoms with Gasteiger partial charge in [-0.25, -0.2) is 0 Å². The first-order valence-corrected chi connectivity index (χ1v) is 11.5. The van der Waals surface area contributed by atoms with Crippen LogP contribution in [-0.2, 0) is 25.6 Å². The molecule has 1 heterocycles. The minimum Gasteiger partial charge on any atom is -0.481 e. The minimum atomic E-state index is -1.02. The van der Waals surface area contributed by atoms with Crippen molar-refractivity contribution >= 4 is 35.5 Å². The summed E-state index contributed by atoms with van der Waals surface area (Å²) >= 11 is 1.31. The maximum absolute atomic E-state index is 12.9. The maximum Gasteiger partial charge on any atom is 0.322 e. The summed E-state index contributed by atoms with van der Waals surface area (Å²) in [5, 5.41) is 26.1. The maximum atomic E-state index is 12.9. The topological polar surface area (TPSA) is 145 Å². The Labute approximate surface area is 191 Å². The van der Waals surface area contributed by atoms with Crippen LogP contribution in [0.25, 0.3) is 0 Å². The molecule has 0 aromatic heterocycles. The van der Waals surface area contributed by atoms with E-state index < -0.39 is 40.1 Å². The Morgan fingerprint density at radius 2 is 1.78 bits per heavy atom. The van der Waals surface area contributed by atoms with Gasteiger partial charge in [-0.15, -0.1) is 11.8 Å². The summed E-state index contributed by atoms with van der Waals surface area (Å²) in [5.74, 6) is -2.61. The highest BCUT2D eigenvalue weighted by Crippen LogP contribution is 2.39. The SMILES string of the molecule is CC1(C)S[C@H]([C@H](NC(=O)Cc2ccccc2)C(=O)NCCCCCC(=O)O)N[C@@H]1C(=O)O. The van der Waals surface area contributed by atoms with Crippen LogP contribution in [0.5, 0.6) is 0 Å². The molecule has 1 aromatic rings. The lowest BCUT2D eigenvalue weighted by Gasteiger charge is -2.25. The lowest BCUT2D eigenvalue weighted by Crippen LogP contribution is -2.57. The molecule has 0 saturated carbocycles. The number of unbranched alkanes of at least 4 members (excludes halogenated alkanes) is 2. The van der Waals surface area contributed by atoms with Gasteiger partial charge >= 0.3 is 11.9 Å². The van der Waals surface area contributed by atoms with Gasteiger partial charge in [0.2, 0.25) is 11.8 Å². The van der Waals surface area contributed by atoms with Crippen LogP contribution >= 0.6 is 11.8 Å². The molecule has 1 saturated heterocycles. The molecule has 0 aliphatic carbocycles. The van der Waals surface area contributed by atoms with Gasteiger partial charge in [-0.1, -0.05) is 36.8 Å². The third-order valence-corrected chi connectivity index (χ3v) is 6.69. The smallest absolute Gasteiger partial charge is 0.322 e. The number of amides is 2. The number of carbonyl (C=O) groups is 4. The lowest BCUT2D eigenvalue weighted by atomic mass is 10.0. The first-order valence-electron chi connectivity index (χ1n) is 10.6. The van der Waals surface area contributed by atoms with E-state index in [2.05, 4.69) is 16.0 Å². The van der Waals surface area contributed by atoms with Crippen molar-refractivity contribution in [1.29, 1.82) is 0 Å². The van der Waals surface area contributed by atoms with Crippen LogP contribution in [0.3, 0.4) is 0 Å².